The Hall–Kier alpha value is -1.89. The second-order valence-electron chi connectivity index (χ2n) is 3.74. The van der Waals surface area contributed by atoms with E-state index in [-0.39, 0.29) is 18.1 Å². The molecule has 2 rings (SSSR count). The molecule has 20 heavy (non-hydrogen) atoms. The lowest BCUT2D eigenvalue weighted by atomic mass is 10.2. The van der Waals surface area contributed by atoms with Crippen molar-refractivity contribution >= 4 is 11.6 Å². The predicted molar refractivity (Wildman–Crippen MR) is 62.8 cm³/mol. The summed E-state index contributed by atoms with van der Waals surface area (Å²) >= 11 is 5.39. The standard InChI is InChI=1S/C12H7ClF4N2O/c13-11-18-9(12(15,16)17)5-10(19-11)20-6-7-3-1-2-4-8(7)14/h1-5H,6H2. The second kappa shape index (κ2) is 5.62. The lowest BCUT2D eigenvalue weighted by Crippen LogP contribution is -2.10. The first-order valence-corrected chi connectivity index (χ1v) is 5.72. The van der Waals surface area contributed by atoms with E-state index >= 15 is 0 Å². The molecule has 0 N–H and O–H groups in total. The number of aromatic nitrogens is 2. The zero-order chi connectivity index (χ0) is 14.8. The monoisotopic (exact) mass is 306 g/mol. The molecular weight excluding hydrogens is 300 g/mol. The van der Waals surface area contributed by atoms with Crippen LogP contribution in [0.15, 0.2) is 30.3 Å². The summed E-state index contributed by atoms with van der Waals surface area (Å²) in [6.45, 7) is -0.267. The number of benzene rings is 1. The van der Waals surface area contributed by atoms with Crippen LogP contribution < -0.4 is 4.74 Å². The van der Waals surface area contributed by atoms with E-state index in [0.29, 0.717) is 6.07 Å². The van der Waals surface area contributed by atoms with E-state index in [0.717, 1.165) is 0 Å². The Morgan fingerprint density at radius 1 is 1.15 bits per heavy atom. The fourth-order valence-electron chi connectivity index (χ4n) is 1.38. The van der Waals surface area contributed by atoms with E-state index in [9.17, 15) is 17.6 Å². The molecule has 0 aliphatic heterocycles. The van der Waals surface area contributed by atoms with Gasteiger partial charge in [0.25, 0.3) is 0 Å². The number of alkyl halides is 3. The average Bonchev–Trinajstić information content (AvgIpc) is 2.36. The normalized spacial score (nSPS) is 11.4. The summed E-state index contributed by atoms with van der Waals surface area (Å²) < 4.78 is 55.9. The first-order valence-electron chi connectivity index (χ1n) is 5.34. The molecule has 0 saturated heterocycles. The number of rotatable bonds is 3. The molecule has 0 unspecified atom stereocenters. The Morgan fingerprint density at radius 2 is 1.85 bits per heavy atom. The molecule has 0 aliphatic rings. The van der Waals surface area contributed by atoms with Gasteiger partial charge in [-0.05, 0) is 17.7 Å². The van der Waals surface area contributed by atoms with Crippen molar-refractivity contribution in [2.45, 2.75) is 12.8 Å². The largest absolute Gasteiger partial charge is 0.473 e. The number of halogens is 5. The highest BCUT2D eigenvalue weighted by atomic mass is 35.5. The Morgan fingerprint density at radius 3 is 2.50 bits per heavy atom. The summed E-state index contributed by atoms with van der Waals surface area (Å²) in [6, 6.07) is 6.33. The minimum atomic E-state index is -4.66. The third kappa shape index (κ3) is 3.57. The number of hydrogen-bond donors (Lipinski definition) is 0. The maximum atomic E-state index is 13.3. The summed E-state index contributed by atoms with van der Waals surface area (Å²) in [5.41, 5.74) is -1.03. The molecule has 106 valence electrons. The van der Waals surface area contributed by atoms with Gasteiger partial charge in [-0.1, -0.05) is 18.2 Å². The van der Waals surface area contributed by atoms with E-state index in [2.05, 4.69) is 9.97 Å². The van der Waals surface area contributed by atoms with Crippen molar-refractivity contribution in [1.82, 2.24) is 9.97 Å². The second-order valence-corrected chi connectivity index (χ2v) is 4.08. The molecule has 0 saturated carbocycles. The smallest absolute Gasteiger partial charge is 0.433 e. The Bertz CT molecular complexity index is 619. The molecule has 0 radical (unpaired) electrons. The number of ether oxygens (including phenoxy) is 1. The number of nitrogens with zero attached hydrogens (tertiary/aromatic N) is 2. The highest BCUT2D eigenvalue weighted by molar-refractivity contribution is 6.28. The molecule has 0 amide bonds. The molecule has 0 bridgehead atoms. The van der Waals surface area contributed by atoms with Crippen LogP contribution in [-0.4, -0.2) is 9.97 Å². The molecule has 1 aromatic heterocycles. The molecule has 3 nitrogen and oxygen atoms in total. The van der Waals surface area contributed by atoms with Crippen LogP contribution in [0.5, 0.6) is 5.88 Å². The first-order chi connectivity index (χ1) is 9.36. The van der Waals surface area contributed by atoms with E-state index < -0.39 is 23.0 Å². The van der Waals surface area contributed by atoms with E-state index in [1.54, 1.807) is 6.07 Å². The third-order valence-electron chi connectivity index (χ3n) is 2.30. The quantitative estimate of drug-likeness (QED) is 0.638. The van der Waals surface area contributed by atoms with E-state index in [1.807, 2.05) is 0 Å². The summed E-state index contributed by atoms with van der Waals surface area (Å²) in [5, 5.41) is -0.594. The SMILES string of the molecule is Fc1ccccc1COc1cc(C(F)(F)F)nc(Cl)n1. The summed E-state index contributed by atoms with van der Waals surface area (Å²) in [4.78, 5) is 6.55. The Labute approximate surface area is 116 Å². The molecule has 2 aromatic rings. The van der Waals surface area contributed by atoms with Crippen LogP contribution in [0.25, 0.3) is 0 Å². The highest BCUT2D eigenvalue weighted by Gasteiger charge is 2.33. The van der Waals surface area contributed by atoms with Gasteiger partial charge in [-0.25, -0.2) is 9.37 Å². The zero-order valence-corrected chi connectivity index (χ0v) is 10.5. The molecule has 1 aromatic carbocycles. The van der Waals surface area contributed by atoms with Crippen molar-refractivity contribution in [1.29, 1.82) is 0 Å². The van der Waals surface area contributed by atoms with Gasteiger partial charge in [0.15, 0.2) is 5.69 Å². The van der Waals surface area contributed by atoms with Gasteiger partial charge in [-0.2, -0.15) is 18.2 Å². The Balaban J connectivity index is 2.18. The zero-order valence-electron chi connectivity index (χ0n) is 9.79. The van der Waals surface area contributed by atoms with Gasteiger partial charge in [-0.3, -0.25) is 0 Å². The number of hydrogen-bond acceptors (Lipinski definition) is 3. The maximum absolute atomic E-state index is 13.3. The molecule has 1 heterocycles. The van der Waals surface area contributed by atoms with Crippen molar-refractivity contribution in [3.05, 3.63) is 52.7 Å². The van der Waals surface area contributed by atoms with Crippen LogP contribution in [0.3, 0.4) is 0 Å². The van der Waals surface area contributed by atoms with Gasteiger partial charge in [0.2, 0.25) is 11.2 Å². The lowest BCUT2D eigenvalue weighted by Gasteiger charge is -2.09. The van der Waals surface area contributed by atoms with Crippen LogP contribution in [0, 0.1) is 5.82 Å². The fourth-order valence-corrected chi connectivity index (χ4v) is 1.56. The third-order valence-corrected chi connectivity index (χ3v) is 2.47. The van der Waals surface area contributed by atoms with Crippen LogP contribution in [-0.2, 0) is 12.8 Å². The lowest BCUT2D eigenvalue weighted by molar-refractivity contribution is -0.141. The fraction of sp³-hybridized carbons (Fsp3) is 0.167. The summed E-state index contributed by atoms with van der Waals surface area (Å²) in [6.07, 6.45) is -4.66. The molecule has 0 spiro atoms. The van der Waals surface area contributed by atoms with Gasteiger partial charge in [-0.15, -0.1) is 0 Å². The molecule has 8 heteroatoms. The van der Waals surface area contributed by atoms with Crippen molar-refractivity contribution in [2.24, 2.45) is 0 Å². The van der Waals surface area contributed by atoms with Crippen LogP contribution in [0.4, 0.5) is 17.6 Å². The molecule has 0 atom stereocenters. The summed E-state index contributed by atoms with van der Waals surface area (Å²) in [7, 11) is 0. The highest BCUT2D eigenvalue weighted by Crippen LogP contribution is 2.30. The minimum absolute atomic E-state index is 0.191. The van der Waals surface area contributed by atoms with Crippen molar-refractivity contribution in [3.63, 3.8) is 0 Å². The van der Waals surface area contributed by atoms with E-state index in [1.165, 1.54) is 18.2 Å². The molecular formula is C12H7ClF4N2O. The van der Waals surface area contributed by atoms with Gasteiger partial charge < -0.3 is 4.74 Å². The van der Waals surface area contributed by atoms with Gasteiger partial charge in [0.05, 0.1) is 0 Å². The minimum Gasteiger partial charge on any atom is -0.473 e. The topological polar surface area (TPSA) is 35.0 Å². The Kier molecular flexibility index (Phi) is 4.08. The van der Waals surface area contributed by atoms with Gasteiger partial charge in [0.1, 0.15) is 12.4 Å². The van der Waals surface area contributed by atoms with Crippen molar-refractivity contribution < 1.29 is 22.3 Å². The summed E-state index contributed by atoms with van der Waals surface area (Å²) in [5.74, 6) is -0.899. The predicted octanol–water partition coefficient (Wildman–Crippen LogP) is 3.87. The van der Waals surface area contributed by atoms with Gasteiger partial charge >= 0.3 is 6.18 Å². The van der Waals surface area contributed by atoms with Crippen molar-refractivity contribution in [2.75, 3.05) is 0 Å². The van der Waals surface area contributed by atoms with Crippen LogP contribution in [0.1, 0.15) is 11.3 Å². The van der Waals surface area contributed by atoms with Crippen molar-refractivity contribution in [3.8, 4) is 5.88 Å². The maximum Gasteiger partial charge on any atom is 0.433 e. The first kappa shape index (κ1) is 14.5. The average molecular weight is 307 g/mol. The van der Waals surface area contributed by atoms with E-state index in [4.69, 9.17) is 16.3 Å². The molecule has 0 aliphatic carbocycles. The molecule has 0 fully saturated rings. The van der Waals surface area contributed by atoms with Crippen LogP contribution in [0.2, 0.25) is 5.28 Å². The van der Waals surface area contributed by atoms with Crippen LogP contribution >= 0.6 is 11.6 Å². The van der Waals surface area contributed by atoms with Gasteiger partial charge in [0, 0.05) is 11.6 Å².